The van der Waals surface area contributed by atoms with Gasteiger partial charge < -0.3 is 10.8 Å². The van der Waals surface area contributed by atoms with Gasteiger partial charge in [-0.3, -0.25) is 9.78 Å². The number of carboxylic acid groups (broad SMARTS) is 1. The fourth-order valence-corrected chi connectivity index (χ4v) is 2.36. The van der Waals surface area contributed by atoms with Crippen molar-refractivity contribution in [2.75, 3.05) is 0 Å². The third-order valence-corrected chi connectivity index (χ3v) is 3.42. The molecule has 0 aliphatic heterocycles. The maximum Gasteiger partial charge on any atom is 0.307 e. The molecular formula is C16H15N5O2. The molecule has 23 heavy (non-hydrogen) atoms. The number of rotatable bonds is 5. The molecule has 7 nitrogen and oxygen atoms in total. The Bertz CT molecular complexity index is 812. The van der Waals surface area contributed by atoms with Gasteiger partial charge in [-0.1, -0.05) is 17.3 Å². The van der Waals surface area contributed by atoms with Crippen LogP contribution in [0.4, 0.5) is 0 Å². The first-order valence-electron chi connectivity index (χ1n) is 7.05. The van der Waals surface area contributed by atoms with Crippen LogP contribution in [0.2, 0.25) is 0 Å². The van der Waals surface area contributed by atoms with E-state index in [1.807, 2.05) is 24.3 Å². The Morgan fingerprint density at radius 1 is 1.13 bits per heavy atom. The zero-order chi connectivity index (χ0) is 16.2. The molecule has 0 radical (unpaired) electrons. The maximum atomic E-state index is 10.8. The van der Waals surface area contributed by atoms with Crippen LogP contribution in [0.15, 0.2) is 48.8 Å². The number of nitrogens with zero attached hydrogens (tertiary/aromatic N) is 4. The predicted octanol–water partition coefficient (Wildman–Crippen LogP) is 1.42. The van der Waals surface area contributed by atoms with Gasteiger partial charge in [-0.15, -0.1) is 5.10 Å². The van der Waals surface area contributed by atoms with Crippen molar-refractivity contribution in [2.24, 2.45) is 5.73 Å². The fraction of sp³-hybridized carbons (Fsp3) is 0.125. The summed E-state index contributed by atoms with van der Waals surface area (Å²) >= 11 is 0. The zero-order valence-electron chi connectivity index (χ0n) is 12.3. The molecule has 0 fully saturated rings. The molecule has 0 amide bonds. The Labute approximate surface area is 132 Å². The maximum absolute atomic E-state index is 10.8. The molecule has 1 aromatic carbocycles. The Balaban J connectivity index is 2.03. The number of nitrogens with two attached hydrogens (primary N) is 1. The number of benzene rings is 1. The van der Waals surface area contributed by atoms with Gasteiger partial charge in [-0.25, -0.2) is 4.68 Å². The summed E-state index contributed by atoms with van der Waals surface area (Å²) in [6.07, 6.45) is 3.38. The topological polar surface area (TPSA) is 107 Å². The summed E-state index contributed by atoms with van der Waals surface area (Å²) in [6.45, 7) is 0.273. The van der Waals surface area contributed by atoms with Gasteiger partial charge in [0.2, 0.25) is 0 Å². The number of carbonyl (C=O) groups is 1. The van der Waals surface area contributed by atoms with E-state index in [-0.39, 0.29) is 13.0 Å². The molecule has 0 aliphatic rings. The van der Waals surface area contributed by atoms with E-state index in [0.29, 0.717) is 5.69 Å². The number of carboxylic acids is 1. The van der Waals surface area contributed by atoms with Crippen LogP contribution in [-0.2, 0) is 17.8 Å². The van der Waals surface area contributed by atoms with Gasteiger partial charge in [0.05, 0.1) is 17.8 Å². The number of hydrogen-bond donors (Lipinski definition) is 2. The van der Waals surface area contributed by atoms with Crippen LogP contribution in [0, 0.1) is 0 Å². The average Bonchev–Trinajstić information content (AvgIpc) is 3.00. The molecule has 3 aromatic rings. The minimum Gasteiger partial charge on any atom is -0.481 e. The third kappa shape index (κ3) is 3.09. The van der Waals surface area contributed by atoms with Gasteiger partial charge >= 0.3 is 5.97 Å². The first-order valence-corrected chi connectivity index (χ1v) is 7.05. The second-order valence-electron chi connectivity index (χ2n) is 4.97. The highest BCUT2D eigenvalue weighted by Gasteiger charge is 2.15. The summed E-state index contributed by atoms with van der Waals surface area (Å²) in [5, 5.41) is 17.1. The van der Waals surface area contributed by atoms with Gasteiger partial charge in [0, 0.05) is 24.5 Å². The van der Waals surface area contributed by atoms with Crippen molar-refractivity contribution in [2.45, 2.75) is 13.0 Å². The lowest BCUT2D eigenvalue weighted by Crippen LogP contribution is -2.04. The van der Waals surface area contributed by atoms with E-state index in [4.69, 9.17) is 10.8 Å². The van der Waals surface area contributed by atoms with E-state index in [1.165, 1.54) is 0 Å². The molecule has 0 saturated heterocycles. The first kappa shape index (κ1) is 14.9. The van der Waals surface area contributed by atoms with E-state index >= 15 is 0 Å². The van der Waals surface area contributed by atoms with Crippen molar-refractivity contribution in [3.63, 3.8) is 0 Å². The Hall–Kier alpha value is -3.06. The van der Waals surface area contributed by atoms with E-state index in [0.717, 1.165) is 22.5 Å². The monoisotopic (exact) mass is 309 g/mol. The molecule has 2 aromatic heterocycles. The number of hydrogen-bond acceptors (Lipinski definition) is 5. The lowest BCUT2D eigenvalue weighted by atomic mass is 10.1. The molecule has 0 atom stereocenters. The van der Waals surface area contributed by atoms with Gasteiger partial charge in [-0.05, 0) is 29.8 Å². The highest BCUT2D eigenvalue weighted by Crippen LogP contribution is 2.24. The van der Waals surface area contributed by atoms with Crippen LogP contribution >= 0.6 is 0 Å². The minimum absolute atomic E-state index is 0.0110. The third-order valence-electron chi connectivity index (χ3n) is 3.42. The van der Waals surface area contributed by atoms with Crippen LogP contribution in [-0.4, -0.2) is 31.1 Å². The minimum atomic E-state index is -0.860. The highest BCUT2D eigenvalue weighted by atomic mass is 16.4. The van der Waals surface area contributed by atoms with E-state index in [9.17, 15) is 4.79 Å². The average molecular weight is 309 g/mol. The molecule has 0 aliphatic carbocycles. The smallest absolute Gasteiger partial charge is 0.307 e. The summed E-state index contributed by atoms with van der Waals surface area (Å²) in [4.78, 5) is 14.8. The Morgan fingerprint density at radius 3 is 2.43 bits per heavy atom. The molecule has 116 valence electrons. The van der Waals surface area contributed by atoms with Gasteiger partial charge in [0.25, 0.3) is 0 Å². The second kappa shape index (κ2) is 6.37. The molecule has 0 saturated carbocycles. The molecule has 7 heteroatoms. The van der Waals surface area contributed by atoms with Gasteiger partial charge in [0.15, 0.2) is 0 Å². The van der Waals surface area contributed by atoms with Crippen molar-refractivity contribution in [1.29, 1.82) is 0 Å². The molecule has 2 heterocycles. The van der Waals surface area contributed by atoms with Crippen LogP contribution in [0.1, 0.15) is 11.3 Å². The summed E-state index contributed by atoms with van der Waals surface area (Å²) in [5.41, 5.74) is 9.69. The van der Waals surface area contributed by atoms with Crippen molar-refractivity contribution in [3.8, 4) is 16.9 Å². The SMILES string of the molecule is NCc1nnn(-c2ccc(CC(=O)O)cc2)c1-c1ccncc1. The van der Waals surface area contributed by atoms with Crippen LogP contribution in [0.3, 0.4) is 0 Å². The summed E-state index contributed by atoms with van der Waals surface area (Å²) in [5.74, 6) is -0.860. The van der Waals surface area contributed by atoms with Gasteiger partial charge in [-0.2, -0.15) is 0 Å². The van der Waals surface area contributed by atoms with Crippen molar-refractivity contribution < 1.29 is 9.90 Å². The van der Waals surface area contributed by atoms with E-state index < -0.39 is 5.97 Å². The van der Waals surface area contributed by atoms with E-state index in [2.05, 4.69) is 15.3 Å². The highest BCUT2D eigenvalue weighted by molar-refractivity contribution is 5.70. The molecule has 3 rings (SSSR count). The number of pyridine rings is 1. The summed E-state index contributed by atoms with van der Waals surface area (Å²) in [6, 6.07) is 10.9. The van der Waals surface area contributed by atoms with Crippen LogP contribution in [0.5, 0.6) is 0 Å². The lowest BCUT2D eigenvalue weighted by Gasteiger charge is -2.08. The Morgan fingerprint density at radius 2 is 1.83 bits per heavy atom. The predicted molar refractivity (Wildman–Crippen MR) is 83.8 cm³/mol. The van der Waals surface area contributed by atoms with Crippen molar-refractivity contribution in [1.82, 2.24) is 20.0 Å². The Kier molecular flexibility index (Phi) is 4.11. The molecule has 0 spiro atoms. The van der Waals surface area contributed by atoms with Crippen LogP contribution < -0.4 is 5.73 Å². The number of aromatic nitrogens is 4. The fourth-order valence-electron chi connectivity index (χ4n) is 2.36. The molecule has 0 unspecified atom stereocenters. The largest absolute Gasteiger partial charge is 0.481 e. The zero-order valence-corrected chi connectivity index (χ0v) is 12.3. The standard InChI is InChI=1S/C16H15N5O2/c17-10-14-16(12-5-7-18-8-6-12)21(20-19-14)13-3-1-11(2-4-13)9-15(22)23/h1-8H,9-10,17H2,(H,22,23). The summed E-state index contributed by atoms with van der Waals surface area (Å²) < 4.78 is 1.70. The molecule has 3 N–H and O–H groups in total. The van der Waals surface area contributed by atoms with Gasteiger partial charge in [0.1, 0.15) is 5.69 Å². The quantitative estimate of drug-likeness (QED) is 0.738. The number of aliphatic carboxylic acids is 1. The van der Waals surface area contributed by atoms with E-state index in [1.54, 1.807) is 29.2 Å². The molecule has 0 bridgehead atoms. The van der Waals surface area contributed by atoms with Crippen molar-refractivity contribution >= 4 is 5.97 Å². The normalized spacial score (nSPS) is 10.7. The van der Waals surface area contributed by atoms with Crippen LogP contribution in [0.25, 0.3) is 16.9 Å². The van der Waals surface area contributed by atoms with Crippen molar-refractivity contribution in [3.05, 3.63) is 60.0 Å². The lowest BCUT2D eigenvalue weighted by molar-refractivity contribution is -0.136. The second-order valence-corrected chi connectivity index (χ2v) is 4.97. The summed E-state index contributed by atoms with van der Waals surface area (Å²) in [7, 11) is 0. The molecular weight excluding hydrogens is 294 g/mol. The first-order chi connectivity index (χ1) is 11.2.